The summed E-state index contributed by atoms with van der Waals surface area (Å²) in [5.41, 5.74) is 3.45. The molecule has 2 aromatic rings. The van der Waals surface area contributed by atoms with Gasteiger partial charge in [0.05, 0.1) is 0 Å². The van der Waals surface area contributed by atoms with Crippen molar-refractivity contribution in [2.45, 2.75) is 44.7 Å². The number of nitrogens with zero attached hydrogens (tertiary/aromatic N) is 1. The summed E-state index contributed by atoms with van der Waals surface area (Å²) in [5, 5.41) is 6.55. The molecule has 1 amide bonds. The van der Waals surface area contributed by atoms with Crippen LogP contribution < -0.4 is 10.6 Å². The van der Waals surface area contributed by atoms with Gasteiger partial charge in [0.15, 0.2) is 0 Å². The molecule has 4 nitrogen and oxygen atoms in total. The van der Waals surface area contributed by atoms with E-state index < -0.39 is 0 Å². The number of carbonyl (C=O) groups is 1. The van der Waals surface area contributed by atoms with Crippen LogP contribution in [0.25, 0.3) is 0 Å². The van der Waals surface area contributed by atoms with E-state index in [1.54, 1.807) is 0 Å². The Morgan fingerprint density at radius 2 is 1.75 bits per heavy atom. The van der Waals surface area contributed by atoms with Crippen LogP contribution in [-0.4, -0.2) is 16.4 Å². The first-order chi connectivity index (χ1) is 11.0. The van der Waals surface area contributed by atoms with Gasteiger partial charge in [-0.1, -0.05) is 12.1 Å². The average molecular weight is 346 g/mol. The fraction of sp³-hybridized carbons (Fsp3) is 0.368. The molecule has 5 heteroatoms. The molecule has 0 saturated carbocycles. The molecule has 128 valence electrons. The number of carbonyl (C=O) groups excluding carboxylic acids is 1. The van der Waals surface area contributed by atoms with Crippen LogP contribution in [0.1, 0.15) is 50.3 Å². The molecule has 1 aromatic carbocycles. The number of hydrogen-bond acceptors (Lipinski definition) is 3. The zero-order valence-corrected chi connectivity index (χ0v) is 15.1. The highest BCUT2D eigenvalue weighted by molar-refractivity contribution is 5.88. The minimum absolute atomic E-state index is 0. The molecule has 0 unspecified atom stereocenters. The molecule has 1 aromatic heterocycles. The van der Waals surface area contributed by atoms with E-state index in [4.69, 9.17) is 0 Å². The Morgan fingerprint density at radius 3 is 2.33 bits per heavy atom. The van der Waals surface area contributed by atoms with Crippen LogP contribution in [0.2, 0.25) is 0 Å². The topological polar surface area (TPSA) is 54.0 Å². The molecule has 0 spiro atoms. The minimum atomic E-state index is -0.0457. The predicted octanol–water partition coefficient (Wildman–Crippen LogP) is 4.06. The Labute approximate surface area is 149 Å². The number of pyridine rings is 1. The van der Waals surface area contributed by atoms with Crippen LogP contribution >= 0.6 is 12.4 Å². The molecular weight excluding hydrogens is 322 g/mol. The molecular formula is C19H24ClN3O. The first kappa shape index (κ1) is 18.4. The van der Waals surface area contributed by atoms with Gasteiger partial charge >= 0.3 is 0 Å². The summed E-state index contributed by atoms with van der Waals surface area (Å²) < 4.78 is 0. The number of rotatable bonds is 3. The SMILES string of the molecule is CC(=O)Nc1ccc([C@@H]2C[C@@H](c3ccncc3)C(C)(C)N2)cc1.Cl. The zero-order chi connectivity index (χ0) is 16.4. The van der Waals surface area contributed by atoms with Gasteiger partial charge in [-0.25, -0.2) is 0 Å². The van der Waals surface area contributed by atoms with Crippen molar-refractivity contribution in [3.63, 3.8) is 0 Å². The molecule has 1 saturated heterocycles. The highest BCUT2D eigenvalue weighted by Crippen LogP contribution is 2.43. The molecule has 0 bridgehead atoms. The number of nitrogens with one attached hydrogen (secondary N) is 2. The van der Waals surface area contributed by atoms with Crippen LogP contribution in [0.4, 0.5) is 5.69 Å². The van der Waals surface area contributed by atoms with Gasteiger partial charge in [0, 0.05) is 42.5 Å². The lowest BCUT2D eigenvalue weighted by molar-refractivity contribution is -0.114. The predicted molar refractivity (Wildman–Crippen MR) is 99.5 cm³/mol. The second-order valence-corrected chi connectivity index (χ2v) is 6.79. The lowest BCUT2D eigenvalue weighted by Gasteiger charge is -2.27. The van der Waals surface area contributed by atoms with Gasteiger partial charge < -0.3 is 10.6 Å². The van der Waals surface area contributed by atoms with Gasteiger partial charge in [-0.3, -0.25) is 9.78 Å². The standard InChI is InChI=1S/C19H23N3O.ClH/c1-13(23)21-16-6-4-15(5-7-16)18-12-17(19(2,3)22-18)14-8-10-20-11-9-14;/h4-11,17-18,22H,12H2,1-3H3,(H,21,23);1H/t17-,18-;/m0./s1. The Balaban J connectivity index is 0.00000208. The maximum Gasteiger partial charge on any atom is 0.221 e. The Morgan fingerprint density at radius 1 is 1.12 bits per heavy atom. The molecule has 24 heavy (non-hydrogen) atoms. The number of halogens is 1. The van der Waals surface area contributed by atoms with Crippen molar-refractivity contribution in [3.8, 4) is 0 Å². The van der Waals surface area contributed by atoms with Crippen molar-refractivity contribution < 1.29 is 4.79 Å². The molecule has 2 heterocycles. The summed E-state index contributed by atoms with van der Waals surface area (Å²) >= 11 is 0. The first-order valence-corrected chi connectivity index (χ1v) is 8.01. The summed E-state index contributed by atoms with van der Waals surface area (Å²) in [6, 6.07) is 12.6. The third-order valence-electron chi connectivity index (χ3n) is 4.63. The molecule has 1 fully saturated rings. The lowest BCUT2D eigenvalue weighted by Crippen LogP contribution is -2.37. The summed E-state index contributed by atoms with van der Waals surface area (Å²) in [4.78, 5) is 15.2. The molecule has 2 N–H and O–H groups in total. The van der Waals surface area contributed by atoms with Crippen molar-refractivity contribution in [2.24, 2.45) is 0 Å². The van der Waals surface area contributed by atoms with E-state index in [9.17, 15) is 4.79 Å². The first-order valence-electron chi connectivity index (χ1n) is 8.01. The van der Waals surface area contributed by atoms with E-state index >= 15 is 0 Å². The lowest BCUT2D eigenvalue weighted by atomic mass is 9.83. The second kappa shape index (κ2) is 7.32. The fourth-order valence-corrected chi connectivity index (χ4v) is 3.51. The van der Waals surface area contributed by atoms with Gasteiger partial charge in [0.1, 0.15) is 0 Å². The van der Waals surface area contributed by atoms with E-state index in [1.165, 1.54) is 18.1 Å². The fourth-order valence-electron chi connectivity index (χ4n) is 3.51. The third kappa shape index (κ3) is 3.94. The van der Waals surface area contributed by atoms with E-state index in [0.717, 1.165) is 12.1 Å². The van der Waals surface area contributed by atoms with E-state index in [2.05, 4.69) is 53.7 Å². The summed E-state index contributed by atoms with van der Waals surface area (Å²) in [6.07, 6.45) is 4.78. The Kier molecular flexibility index (Phi) is 5.62. The molecule has 0 radical (unpaired) electrons. The molecule has 1 aliphatic heterocycles. The van der Waals surface area contributed by atoms with Gasteiger partial charge in [-0.15, -0.1) is 12.4 Å². The van der Waals surface area contributed by atoms with Gasteiger partial charge in [0.25, 0.3) is 0 Å². The van der Waals surface area contributed by atoms with Crippen molar-refractivity contribution in [2.75, 3.05) is 5.32 Å². The van der Waals surface area contributed by atoms with E-state index in [-0.39, 0.29) is 23.9 Å². The second-order valence-electron chi connectivity index (χ2n) is 6.79. The molecule has 2 atom stereocenters. The Bertz CT molecular complexity index is 686. The van der Waals surface area contributed by atoms with Gasteiger partial charge in [-0.05, 0) is 55.7 Å². The smallest absolute Gasteiger partial charge is 0.221 e. The summed E-state index contributed by atoms with van der Waals surface area (Å²) in [7, 11) is 0. The van der Waals surface area contributed by atoms with Crippen LogP contribution in [0, 0.1) is 0 Å². The number of hydrogen-bond donors (Lipinski definition) is 2. The number of amides is 1. The summed E-state index contributed by atoms with van der Waals surface area (Å²) in [5.74, 6) is 0.404. The monoisotopic (exact) mass is 345 g/mol. The third-order valence-corrected chi connectivity index (χ3v) is 4.63. The van der Waals surface area contributed by atoms with Crippen LogP contribution in [0.5, 0.6) is 0 Å². The maximum absolute atomic E-state index is 11.1. The van der Waals surface area contributed by atoms with Crippen LogP contribution in [0.15, 0.2) is 48.8 Å². The molecule has 1 aliphatic rings. The highest BCUT2D eigenvalue weighted by Gasteiger charge is 2.40. The van der Waals surface area contributed by atoms with Crippen LogP contribution in [0.3, 0.4) is 0 Å². The van der Waals surface area contributed by atoms with Crippen molar-refractivity contribution in [3.05, 3.63) is 59.9 Å². The normalized spacial score (nSPS) is 21.8. The van der Waals surface area contributed by atoms with E-state index in [1.807, 2.05) is 24.5 Å². The minimum Gasteiger partial charge on any atom is -0.326 e. The van der Waals surface area contributed by atoms with Gasteiger partial charge in [-0.2, -0.15) is 0 Å². The Hall–Kier alpha value is -1.91. The van der Waals surface area contributed by atoms with Crippen LogP contribution in [-0.2, 0) is 4.79 Å². The zero-order valence-electron chi connectivity index (χ0n) is 14.2. The van der Waals surface area contributed by atoms with Crippen molar-refractivity contribution in [1.82, 2.24) is 10.3 Å². The quantitative estimate of drug-likeness (QED) is 0.882. The van der Waals surface area contributed by atoms with Crippen molar-refractivity contribution in [1.29, 1.82) is 0 Å². The molecule has 3 rings (SSSR count). The largest absolute Gasteiger partial charge is 0.326 e. The average Bonchev–Trinajstić information content (AvgIpc) is 2.84. The summed E-state index contributed by atoms with van der Waals surface area (Å²) in [6.45, 7) is 6.03. The van der Waals surface area contributed by atoms with Crippen molar-refractivity contribution >= 4 is 24.0 Å². The maximum atomic E-state index is 11.1. The number of benzene rings is 1. The van der Waals surface area contributed by atoms with E-state index in [0.29, 0.717) is 12.0 Å². The number of aromatic nitrogens is 1. The van der Waals surface area contributed by atoms with Gasteiger partial charge in [0.2, 0.25) is 5.91 Å². The highest BCUT2D eigenvalue weighted by atomic mass is 35.5. The molecule has 0 aliphatic carbocycles. The number of anilines is 1.